The predicted octanol–water partition coefficient (Wildman–Crippen LogP) is 4.18. The van der Waals surface area contributed by atoms with Crippen molar-refractivity contribution in [3.8, 4) is 11.3 Å². The van der Waals surface area contributed by atoms with Crippen molar-refractivity contribution in [2.45, 2.75) is 33.7 Å². The van der Waals surface area contributed by atoms with E-state index in [1.807, 2.05) is 61.2 Å². The standard InChI is InChI=1S/C29H35N5O2/c1-22(2)29(36)34(20-24-8-5-4-6-9-24)21-28(35)33-17-7-16-32(18-19-33)27-15-14-26(30-31-27)25-12-10-23(3)11-13-25/h4-6,8-15,22H,7,16-21H2,1-3H3. The highest BCUT2D eigenvalue weighted by atomic mass is 16.2. The Kier molecular flexibility index (Phi) is 8.31. The Morgan fingerprint density at radius 3 is 2.31 bits per heavy atom. The van der Waals surface area contributed by atoms with Gasteiger partial charge in [0, 0.05) is 44.2 Å². The second-order valence-corrected chi connectivity index (χ2v) is 9.70. The average Bonchev–Trinajstić information content (AvgIpc) is 3.15. The van der Waals surface area contributed by atoms with E-state index in [0.29, 0.717) is 26.2 Å². The molecule has 0 unspecified atom stereocenters. The molecular weight excluding hydrogens is 450 g/mol. The Balaban J connectivity index is 1.37. The lowest BCUT2D eigenvalue weighted by atomic mass is 10.1. The molecule has 188 valence electrons. The van der Waals surface area contributed by atoms with Gasteiger partial charge in [-0.3, -0.25) is 9.59 Å². The number of nitrogens with zero attached hydrogens (tertiary/aromatic N) is 5. The number of hydrogen-bond acceptors (Lipinski definition) is 5. The maximum absolute atomic E-state index is 13.2. The van der Waals surface area contributed by atoms with Gasteiger partial charge in [0.1, 0.15) is 6.54 Å². The zero-order valence-electron chi connectivity index (χ0n) is 21.4. The maximum atomic E-state index is 13.2. The van der Waals surface area contributed by atoms with Crippen LogP contribution in [0.3, 0.4) is 0 Å². The number of amides is 2. The number of aromatic nitrogens is 2. The van der Waals surface area contributed by atoms with Gasteiger partial charge in [0.15, 0.2) is 5.82 Å². The molecule has 0 spiro atoms. The molecule has 0 saturated carbocycles. The molecule has 7 heteroatoms. The lowest BCUT2D eigenvalue weighted by Crippen LogP contribution is -2.45. The van der Waals surface area contributed by atoms with E-state index in [-0.39, 0.29) is 24.3 Å². The molecule has 2 aromatic carbocycles. The van der Waals surface area contributed by atoms with E-state index >= 15 is 0 Å². The van der Waals surface area contributed by atoms with Crippen molar-refractivity contribution in [1.82, 2.24) is 20.0 Å². The van der Waals surface area contributed by atoms with Gasteiger partial charge in [-0.15, -0.1) is 10.2 Å². The van der Waals surface area contributed by atoms with Gasteiger partial charge in [-0.25, -0.2) is 0 Å². The minimum absolute atomic E-state index is 0.00686. The summed E-state index contributed by atoms with van der Waals surface area (Å²) in [5.41, 5.74) is 4.12. The highest BCUT2D eigenvalue weighted by molar-refractivity contribution is 5.85. The van der Waals surface area contributed by atoms with Crippen LogP contribution in [0.4, 0.5) is 5.82 Å². The summed E-state index contributed by atoms with van der Waals surface area (Å²) in [4.78, 5) is 31.8. The highest BCUT2D eigenvalue weighted by Gasteiger charge is 2.25. The summed E-state index contributed by atoms with van der Waals surface area (Å²) in [6.45, 7) is 9.09. The van der Waals surface area contributed by atoms with E-state index in [0.717, 1.165) is 35.6 Å². The van der Waals surface area contributed by atoms with Gasteiger partial charge in [0.25, 0.3) is 0 Å². The van der Waals surface area contributed by atoms with Crippen LogP contribution in [0.15, 0.2) is 66.7 Å². The maximum Gasteiger partial charge on any atom is 0.242 e. The quantitative estimate of drug-likeness (QED) is 0.502. The molecule has 0 aliphatic carbocycles. The van der Waals surface area contributed by atoms with E-state index in [1.165, 1.54) is 5.56 Å². The van der Waals surface area contributed by atoms with Gasteiger partial charge in [-0.05, 0) is 31.0 Å². The van der Waals surface area contributed by atoms with Crippen LogP contribution in [0.1, 0.15) is 31.4 Å². The summed E-state index contributed by atoms with van der Waals surface area (Å²) in [6, 6.07) is 22.1. The number of rotatable bonds is 7. The molecule has 36 heavy (non-hydrogen) atoms. The highest BCUT2D eigenvalue weighted by Crippen LogP contribution is 2.20. The van der Waals surface area contributed by atoms with Gasteiger partial charge >= 0.3 is 0 Å². The normalized spacial score (nSPS) is 14.0. The first-order valence-electron chi connectivity index (χ1n) is 12.7. The van der Waals surface area contributed by atoms with Gasteiger partial charge in [0.2, 0.25) is 11.8 Å². The minimum atomic E-state index is -0.164. The summed E-state index contributed by atoms with van der Waals surface area (Å²) >= 11 is 0. The van der Waals surface area contributed by atoms with Gasteiger partial charge in [-0.1, -0.05) is 74.0 Å². The third-order valence-corrected chi connectivity index (χ3v) is 6.52. The number of carbonyl (C=O) groups is 2. The number of aryl methyl sites for hydroxylation is 1. The van der Waals surface area contributed by atoms with E-state index in [9.17, 15) is 9.59 Å². The van der Waals surface area contributed by atoms with Gasteiger partial charge in [-0.2, -0.15) is 0 Å². The van der Waals surface area contributed by atoms with Crippen LogP contribution in [-0.4, -0.2) is 64.5 Å². The predicted molar refractivity (Wildman–Crippen MR) is 142 cm³/mol. The molecular formula is C29H35N5O2. The van der Waals surface area contributed by atoms with Crippen molar-refractivity contribution in [2.75, 3.05) is 37.6 Å². The topological polar surface area (TPSA) is 69.6 Å². The Bertz CT molecular complexity index is 1150. The summed E-state index contributed by atoms with van der Waals surface area (Å²) in [5.74, 6) is 0.638. The fraction of sp³-hybridized carbons (Fsp3) is 0.379. The van der Waals surface area contributed by atoms with Gasteiger partial charge in [0.05, 0.1) is 5.69 Å². The van der Waals surface area contributed by atoms with Crippen LogP contribution in [0, 0.1) is 12.8 Å². The number of hydrogen-bond donors (Lipinski definition) is 0. The van der Waals surface area contributed by atoms with E-state index < -0.39 is 0 Å². The van der Waals surface area contributed by atoms with Crippen molar-refractivity contribution in [3.05, 3.63) is 77.9 Å². The lowest BCUT2D eigenvalue weighted by molar-refractivity contribution is -0.142. The van der Waals surface area contributed by atoms with Crippen LogP contribution < -0.4 is 4.90 Å². The zero-order chi connectivity index (χ0) is 25.5. The van der Waals surface area contributed by atoms with E-state index in [1.54, 1.807) is 4.90 Å². The van der Waals surface area contributed by atoms with Crippen LogP contribution in [-0.2, 0) is 16.1 Å². The van der Waals surface area contributed by atoms with E-state index in [4.69, 9.17) is 0 Å². The molecule has 7 nitrogen and oxygen atoms in total. The largest absolute Gasteiger partial charge is 0.353 e. The SMILES string of the molecule is Cc1ccc(-c2ccc(N3CCCN(C(=O)CN(Cc4ccccc4)C(=O)C(C)C)CC3)nn2)cc1. The van der Waals surface area contributed by atoms with E-state index in [2.05, 4.69) is 46.3 Å². The smallest absolute Gasteiger partial charge is 0.242 e. The van der Waals surface area contributed by atoms with Crippen LogP contribution in [0.2, 0.25) is 0 Å². The fourth-order valence-corrected chi connectivity index (χ4v) is 4.41. The summed E-state index contributed by atoms with van der Waals surface area (Å²) in [6.07, 6.45) is 0.837. The molecule has 1 fully saturated rings. The van der Waals surface area contributed by atoms with Crippen molar-refractivity contribution >= 4 is 17.6 Å². The van der Waals surface area contributed by atoms with Crippen LogP contribution in [0.25, 0.3) is 11.3 Å². The van der Waals surface area contributed by atoms with Crippen molar-refractivity contribution in [2.24, 2.45) is 5.92 Å². The molecule has 0 bridgehead atoms. The molecule has 1 aliphatic rings. The van der Waals surface area contributed by atoms with Crippen LogP contribution >= 0.6 is 0 Å². The Hall–Kier alpha value is -3.74. The van der Waals surface area contributed by atoms with Crippen LogP contribution in [0.5, 0.6) is 0 Å². The molecule has 3 aromatic rings. The molecule has 0 N–H and O–H groups in total. The number of benzene rings is 2. The number of anilines is 1. The summed E-state index contributed by atoms with van der Waals surface area (Å²) in [7, 11) is 0. The fourth-order valence-electron chi connectivity index (χ4n) is 4.41. The lowest BCUT2D eigenvalue weighted by Gasteiger charge is -2.28. The van der Waals surface area contributed by atoms with Crippen molar-refractivity contribution in [1.29, 1.82) is 0 Å². The summed E-state index contributed by atoms with van der Waals surface area (Å²) in [5, 5.41) is 8.91. The number of carbonyl (C=O) groups excluding carboxylic acids is 2. The monoisotopic (exact) mass is 485 g/mol. The Labute approximate surface area is 213 Å². The Morgan fingerprint density at radius 1 is 0.889 bits per heavy atom. The second kappa shape index (κ2) is 11.8. The molecule has 1 aromatic heterocycles. The Morgan fingerprint density at radius 2 is 1.64 bits per heavy atom. The van der Waals surface area contributed by atoms with Crippen molar-refractivity contribution < 1.29 is 9.59 Å². The van der Waals surface area contributed by atoms with Gasteiger partial charge < -0.3 is 14.7 Å². The minimum Gasteiger partial charge on any atom is -0.353 e. The molecule has 0 atom stereocenters. The third kappa shape index (κ3) is 6.47. The molecule has 0 radical (unpaired) electrons. The first kappa shape index (κ1) is 25.4. The van der Waals surface area contributed by atoms with Crippen molar-refractivity contribution in [3.63, 3.8) is 0 Å². The second-order valence-electron chi connectivity index (χ2n) is 9.70. The first-order valence-corrected chi connectivity index (χ1v) is 12.7. The molecule has 2 heterocycles. The molecule has 1 aliphatic heterocycles. The zero-order valence-corrected chi connectivity index (χ0v) is 21.4. The molecule has 2 amide bonds. The first-order chi connectivity index (χ1) is 17.4. The average molecular weight is 486 g/mol. The third-order valence-electron chi connectivity index (χ3n) is 6.52. The molecule has 4 rings (SSSR count). The molecule has 1 saturated heterocycles. The summed E-state index contributed by atoms with van der Waals surface area (Å²) < 4.78 is 0.